The van der Waals surface area contributed by atoms with Crippen LogP contribution in [-0.4, -0.2) is 40.3 Å². The number of benzene rings is 1. The van der Waals surface area contributed by atoms with Crippen molar-refractivity contribution in [1.29, 1.82) is 0 Å². The number of nitrogens with zero attached hydrogens (tertiary/aromatic N) is 3. The van der Waals surface area contributed by atoms with E-state index in [0.717, 1.165) is 6.26 Å². The Morgan fingerprint density at radius 1 is 1.40 bits per heavy atom. The molecule has 1 aromatic carbocycles. The number of rotatable bonds is 7. The average molecular weight is 347 g/mol. The summed E-state index contributed by atoms with van der Waals surface area (Å²) in [6, 6.07) is 5.50. The van der Waals surface area contributed by atoms with Gasteiger partial charge in [0.05, 0.1) is 18.6 Å². The molecule has 1 aromatic heterocycles. The van der Waals surface area contributed by atoms with Gasteiger partial charge in [-0.3, -0.25) is 14.9 Å². The molecule has 0 bridgehead atoms. The molecule has 1 amide bonds. The number of amides is 1. The first-order valence-corrected chi connectivity index (χ1v) is 7.52. The van der Waals surface area contributed by atoms with E-state index in [2.05, 4.69) is 9.72 Å². The van der Waals surface area contributed by atoms with Gasteiger partial charge in [0.1, 0.15) is 6.26 Å². The summed E-state index contributed by atoms with van der Waals surface area (Å²) >= 11 is 0. The van der Waals surface area contributed by atoms with Gasteiger partial charge in [0.25, 0.3) is 11.6 Å². The number of carbonyl (C=O) groups excluding carboxylic acids is 2. The fraction of sp³-hybridized carbons (Fsp3) is 0.312. The summed E-state index contributed by atoms with van der Waals surface area (Å²) in [7, 11) is 1.23. The minimum Gasteiger partial charge on any atom is -0.464 e. The number of non-ortho nitro benzene ring substituents is 1. The number of nitro benzene ring substituents is 1. The Kier molecular flexibility index (Phi) is 5.83. The van der Waals surface area contributed by atoms with E-state index in [1.807, 2.05) is 6.92 Å². The van der Waals surface area contributed by atoms with Crippen LogP contribution in [0.25, 0.3) is 0 Å². The maximum atomic E-state index is 12.7. The van der Waals surface area contributed by atoms with Crippen LogP contribution in [0, 0.1) is 10.1 Å². The molecule has 9 nitrogen and oxygen atoms in total. The Morgan fingerprint density at radius 2 is 2.16 bits per heavy atom. The summed E-state index contributed by atoms with van der Waals surface area (Å²) in [5, 5.41) is 10.9. The van der Waals surface area contributed by atoms with Gasteiger partial charge in [0.15, 0.2) is 5.69 Å². The van der Waals surface area contributed by atoms with Crippen molar-refractivity contribution in [1.82, 2.24) is 9.88 Å². The van der Waals surface area contributed by atoms with Crippen molar-refractivity contribution < 1.29 is 23.7 Å². The number of oxazole rings is 1. The number of carbonyl (C=O) groups is 2. The van der Waals surface area contributed by atoms with Crippen LogP contribution in [0.2, 0.25) is 0 Å². The normalized spacial score (nSPS) is 10.3. The minimum atomic E-state index is -0.637. The summed E-state index contributed by atoms with van der Waals surface area (Å²) < 4.78 is 9.75. The molecule has 132 valence electrons. The molecule has 0 fully saturated rings. The van der Waals surface area contributed by atoms with Gasteiger partial charge in [-0.25, -0.2) is 9.78 Å². The molecule has 0 unspecified atom stereocenters. The van der Waals surface area contributed by atoms with Crippen LogP contribution in [-0.2, 0) is 11.3 Å². The highest BCUT2D eigenvalue weighted by molar-refractivity contribution is 5.94. The molecule has 1 heterocycles. The van der Waals surface area contributed by atoms with Crippen LogP contribution in [0.1, 0.15) is 40.1 Å². The van der Waals surface area contributed by atoms with Gasteiger partial charge < -0.3 is 14.1 Å². The lowest BCUT2D eigenvalue weighted by Gasteiger charge is -2.20. The molecule has 0 spiro atoms. The smallest absolute Gasteiger partial charge is 0.360 e. The first kappa shape index (κ1) is 18.1. The lowest BCUT2D eigenvalue weighted by atomic mass is 10.1. The number of esters is 1. The SMILES string of the molecule is CCCN(Cc1nc(C(=O)OC)co1)C(=O)c1cccc([N+](=O)[O-])c1. The number of aromatic nitrogens is 1. The van der Waals surface area contributed by atoms with E-state index in [-0.39, 0.29) is 35.3 Å². The third kappa shape index (κ3) is 4.40. The quantitative estimate of drug-likeness (QED) is 0.429. The summed E-state index contributed by atoms with van der Waals surface area (Å²) in [5.74, 6) is -0.849. The van der Waals surface area contributed by atoms with E-state index in [9.17, 15) is 19.7 Å². The van der Waals surface area contributed by atoms with Crippen molar-refractivity contribution in [3.8, 4) is 0 Å². The second kappa shape index (κ2) is 8.04. The number of methoxy groups -OCH3 is 1. The van der Waals surface area contributed by atoms with Gasteiger partial charge in [0.2, 0.25) is 5.89 Å². The third-order valence-corrected chi connectivity index (χ3v) is 3.36. The monoisotopic (exact) mass is 347 g/mol. The number of hydrogen-bond acceptors (Lipinski definition) is 7. The second-order valence-electron chi connectivity index (χ2n) is 5.15. The molecule has 2 rings (SSSR count). The second-order valence-corrected chi connectivity index (χ2v) is 5.15. The predicted molar refractivity (Wildman–Crippen MR) is 86.0 cm³/mol. The number of hydrogen-bond donors (Lipinski definition) is 0. The van der Waals surface area contributed by atoms with Crippen LogP contribution in [0.4, 0.5) is 5.69 Å². The zero-order valence-electron chi connectivity index (χ0n) is 13.8. The van der Waals surface area contributed by atoms with E-state index in [1.165, 1.54) is 36.3 Å². The molecule has 25 heavy (non-hydrogen) atoms. The van der Waals surface area contributed by atoms with Gasteiger partial charge in [-0.05, 0) is 12.5 Å². The van der Waals surface area contributed by atoms with E-state index in [1.54, 1.807) is 0 Å². The third-order valence-electron chi connectivity index (χ3n) is 3.36. The summed E-state index contributed by atoms with van der Waals surface area (Å²) in [6.45, 7) is 2.33. The topological polar surface area (TPSA) is 116 Å². The molecular formula is C16H17N3O6. The summed E-state index contributed by atoms with van der Waals surface area (Å²) in [6.07, 6.45) is 1.83. The Bertz CT molecular complexity index is 786. The van der Waals surface area contributed by atoms with Crippen molar-refractivity contribution in [2.75, 3.05) is 13.7 Å². The van der Waals surface area contributed by atoms with Crippen molar-refractivity contribution in [2.24, 2.45) is 0 Å². The van der Waals surface area contributed by atoms with Crippen LogP contribution in [0.3, 0.4) is 0 Å². The highest BCUT2D eigenvalue weighted by atomic mass is 16.6. The zero-order valence-corrected chi connectivity index (χ0v) is 13.8. The van der Waals surface area contributed by atoms with Crippen molar-refractivity contribution in [3.63, 3.8) is 0 Å². The number of nitro groups is 1. The van der Waals surface area contributed by atoms with Crippen LogP contribution < -0.4 is 0 Å². The molecule has 0 saturated carbocycles. The predicted octanol–water partition coefficient (Wildman–Crippen LogP) is 2.42. The van der Waals surface area contributed by atoms with E-state index < -0.39 is 10.9 Å². The minimum absolute atomic E-state index is 0.0109. The Balaban J connectivity index is 2.20. The molecule has 2 aromatic rings. The Labute approximate surface area is 143 Å². The van der Waals surface area contributed by atoms with Crippen molar-refractivity contribution in [3.05, 3.63) is 57.8 Å². The van der Waals surface area contributed by atoms with Crippen LogP contribution in [0.15, 0.2) is 34.9 Å². The van der Waals surface area contributed by atoms with Gasteiger partial charge in [-0.15, -0.1) is 0 Å². The molecule has 0 N–H and O–H groups in total. The molecule has 0 radical (unpaired) electrons. The maximum absolute atomic E-state index is 12.7. The highest BCUT2D eigenvalue weighted by Gasteiger charge is 2.21. The fourth-order valence-electron chi connectivity index (χ4n) is 2.20. The Morgan fingerprint density at radius 3 is 2.80 bits per heavy atom. The molecular weight excluding hydrogens is 330 g/mol. The van der Waals surface area contributed by atoms with Gasteiger partial charge in [-0.2, -0.15) is 0 Å². The average Bonchev–Trinajstić information content (AvgIpc) is 3.08. The highest BCUT2D eigenvalue weighted by Crippen LogP contribution is 2.16. The zero-order chi connectivity index (χ0) is 18.4. The molecule has 0 aliphatic carbocycles. The van der Waals surface area contributed by atoms with Crippen LogP contribution in [0.5, 0.6) is 0 Å². The largest absolute Gasteiger partial charge is 0.464 e. The first-order valence-electron chi connectivity index (χ1n) is 7.52. The van der Waals surface area contributed by atoms with E-state index in [4.69, 9.17) is 4.42 Å². The van der Waals surface area contributed by atoms with E-state index in [0.29, 0.717) is 13.0 Å². The molecule has 0 atom stereocenters. The van der Waals surface area contributed by atoms with Crippen molar-refractivity contribution in [2.45, 2.75) is 19.9 Å². The van der Waals surface area contributed by atoms with Gasteiger partial charge in [0, 0.05) is 24.2 Å². The van der Waals surface area contributed by atoms with E-state index >= 15 is 0 Å². The molecule has 9 heteroatoms. The lowest BCUT2D eigenvalue weighted by molar-refractivity contribution is -0.384. The van der Waals surface area contributed by atoms with Crippen molar-refractivity contribution >= 4 is 17.6 Å². The molecule has 0 aliphatic heterocycles. The van der Waals surface area contributed by atoms with Crippen LogP contribution >= 0.6 is 0 Å². The standard InChI is InChI=1S/C16H17N3O6/c1-3-7-18(9-14-17-13(10-25-14)16(21)24-2)15(20)11-5-4-6-12(8-11)19(22)23/h4-6,8,10H,3,7,9H2,1-2H3. The molecule has 0 saturated heterocycles. The van der Waals surface area contributed by atoms with Gasteiger partial charge >= 0.3 is 5.97 Å². The first-order chi connectivity index (χ1) is 12.0. The van der Waals surface area contributed by atoms with Gasteiger partial charge in [-0.1, -0.05) is 13.0 Å². The lowest BCUT2D eigenvalue weighted by Crippen LogP contribution is -2.31. The summed E-state index contributed by atoms with van der Waals surface area (Å²) in [4.78, 5) is 39.8. The maximum Gasteiger partial charge on any atom is 0.360 e. The summed E-state index contributed by atoms with van der Waals surface area (Å²) in [5.41, 5.74) is 0.0468. The molecule has 0 aliphatic rings. The fourth-order valence-corrected chi connectivity index (χ4v) is 2.20. The Hall–Kier alpha value is -3.23. The number of ether oxygens (including phenoxy) is 1.